The molecule has 0 spiro atoms. The van der Waals surface area contributed by atoms with Gasteiger partial charge in [-0.25, -0.2) is 0 Å². The van der Waals surface area contributed by atoms with Crippen molar-refractivity contribution >= 4 is 5.69 Å². The van der Waals surface area contributed by atoms with Gasteiger partial charge < -0.3 is 15.6 Å². The summed E-state index contributed by atoms with van der Waals surface area (Å²) in [5.41, 5.74) is 8.78. The molecule has 3 nitrogen and oxygen atoms in total. The first-order valence-corrected chi connectivity index (χ1v) is 6.25. The quantitative estimate of drug-likeness (QED) is 0.566. The highest BCUT2D eigenvalue weighted by Crippen LogP contribution is 2.24. The SMILES string of the molecule is Cc1cc(OCCCCCCO)c(C)cc1N. The Kier molecular flexibility index (Phi) is 5.84. The fourth-order valence-electron chi connectivity index (χ4n) is 1.72. The summed E-state index contributed by atoms with van der Waals surface area (Å²) in [6.45, 7) is 5.02. The second-order valence-corrected chi connectivity index (χ2v) is 4.46. The average Bonchev–Trinajstić information content (AvgIpc) is 2.30. The molecule has 0 heterocycles. The molecule has 0 aliphatic carbocycles. The lowest BCUT2D eigenvalue weighted by Gasteiger charge is -2.11. The highest BCUT2D eigenvalue weighted by Gasteiger charge is 2.03. The number of aliphatic hydroxyl groups is 1. The first-order valence-electron chi connectivity index (χ1n) is 6.25. The van der Waals surface area contributed by atoms with E-state index in [9.17, 15) is 0 Å². The number of nitrogen functional groups attached to an aromatic ring is 1. The second kappa shape index (κ2) is 7.17. The molecule has 0 atom stereocenters. The number of ether oxygens (including phenoxy) is 1. The maximum Gasteiger partial charge on any atom is 0.122 e. The van der Waals surface area contributed by atoms with Gasteiger partial charge in [0, 0.05) is 12.3 Å². The van der Waals surface area contributed by atoms with Gasteiger partial charge in [-0.1, -0.05) is 6.42 Å². The zero-order chi connectivity index (χ0) is 12.7. The van der Waals surface area contributed by atoms with Crippen LogP contribution in [0.15, 0.2) is 12.1 Å². The van der Waals surface area contributed by atoms with E-state index in [0.717, 1.165) is 54.9 Å². The summed E-state index contributed by atoms with van der Waals surface area (Å²) in [5, 5.41) is 8.65. The predicted molar refractivity (Wildman–Crippen MR) is 71.4 cm³/mol. The normalized spacial score (nSPS) is 10.5. The Labute approximate surface area is 104 Å². The van der Waals surface area contributed by atoms with Crippen molar-refractivity contribution in [1.29, 1.82) is 0 Å². The van der Waals surface area contributed by atoms with Crippen LogP contribution < -0.4 is 10.5 Å². The summed E-state index contributed by atoms with van der Waals surface area (Å²) in [6.07, 6.45) is 4.09. The minimum atomic E-state index is 0.289. The minimum Gasteiger partial charge on any atom is -0.493 e. The molecule has 0 aliphatic heterocycles. The Morgan fingerprint density at radius 1 is 1.06 bits per heavy atom. The van der Waals surface area contributed by atoms with Crippen molar-refractivity contribution < 1.29 is 9.84 Å². The third kappa shape index (κ3) is 4.65. The lowest BCUT2D eigenvalue weighted by Crippen LogP contribution is -2.01. The van der Waals surface area contributed by atoms with Gasteiger partial charge in [-0.3, -0.25) is 0 Å². The lowest BCUT2D eigenvalue weighted by atomic mass is 10.1. The first kappa shape index (κ1) is 13.8. The lowest BCUT2D eigenvalue weighted by molar-refractivity contribution is 0.273. The standard InChI is InChI=1S/C14H23NO2/c1-11-10-14(12(2)9-13(11)15)17-8-6-4-3-5-7-16/h9-10,16H,3-8,15H2,1-2H3. The molecule has 0 radical (unpaired) electrons. The van der Waals surface area contributed by atoms with E-state index < -0.39 is 0 Å². The van der Waals surface area contributed by atoms with Gasteiger partial charge >= 0.3 is 0 Å². The molecule has 0 unspecified atom stereocenters. The minimum absolute atomic E-state index is 0.289. The molecule has 1 aromatic carbocycles. The fourth-order valence-corrected chi connectivity index (χ4v) is 1.72. The highest BCUT2D eigenvalue weighted by atomic mass is 16.5. The van der Waals surface area contributed by atoms with Crippen LogP contribution in [-0.4, -0.2) is 18.3 Å². The van der Waals surface area contributed by atoms with Crippen LogP contribution in [0.3, 0.4) is 0 Å². The topological polar surface area (TPSA) is 55.5 Å². The number of aryl methyl sites for hydroxylation is 2. The Morgan fingerprint density at radius 3 is 2.47 bits per heavy atom. The van der Waals surface area contributed by atoms with E-state index in [1.807, 2.05) is 26.0 Å². The van der Waals surface area contributed by atoms with Gasteiger partial charge in [0.1, 0.15) is 5.75 Å². The molecule has 0 aliphatic rings. The second-order valence-electron chi connectivity index (χ2n) is 4.46. The van der Waals surface area contributed by atoms with Crippen molar-refractivity contribution in [2.75, 3.05) is 18.9 Å². The van der Waals surface area contributed by atoms with Gasteiger partial charge in [-0.15, -0.1) is 0 Å². The number of aliphatic hydroxyl groups excluding tert-OH is 1. The molecule has 96 valence electrons. The Hall–Kier alpha value is -1.22. The van der Waals surface area contributed by atoms with E-state index >= 15 is 0 Å². The summed E-state index contributed by atoms with van der Waals surface area (Å²) in [6, 6.07) is 3.95. The van der Waals surface area contributed by atoms with Crippen LogP contribution in [0.4, 0.5) is 5.69 Å². The van der Waals surface area contributed by atoms with Gasteiger partial charge in [-0.2, -0.15) is 0 Å². The summed E-state index contributed by atoms with van der Waals surface area (Å²) in [5.74, 6) is 0.929. The smallest absolute Gasteiger partial charge is 0.122 e. The van der Waals surface area contributed by atoms with Crippen molar-refractivity contribution in [3.63, 3.8) is 0 Å². The fraction of sp³-hybridized carbons (Fsp3) is 0.571. The van der Waals surface area contributed by atoms with Crippen molar-refractivity contribution in [3.05, 3.63) is 23.3 Å². The van der Waals surface area contributed by atoms with Crippen molar-refractivity contribution in [2.45, 2.75) is 39.5 Å². The Bertz CT molecular complexity index is 350. The van der Waals surface area contributed by atoms with Gasteiger partial charge in [0.2, 0.25) is 0 Å². The Balaban J connectivity index is 2.34. The van der Waals surface area contributed by atoms with E-state index in [1.165, 1.54) is 0 Å². The Morgan fingerprint density at radius 2 is 1.76 bits per heavy atom. The molecule has 0 fully saturated rings. The zero-order valence-electron chi connectivity index (χ0n) is 10.8. The van der Waals surface area contributed by atoms with Crippen molar-refractivity contribution in [3.8, 4) is 5.75 Å². The van der Waals surface area contributed by atoms with Crippen LogP contribution in [0.25, 0.3) is 0 Å². The molecule has 1 rings (SSSR count). The first-order chi connectivity index (χ1) is 8.15. The molecular formula is C14H23NO2. The van der Waals surface area contributed by atoms with E-state index in [1.54, 1.807) is 0 Å². The van der Waals surface area contributed by atoms with Crippen LogP contribution in [0.1, 0.15) is 36.8 Å². The third-order valence-corrected chi connectivity index (χ3v) is 2.87. The molecule has 0 bridgehead atoms. The number of unbranched alkanes of at least 4 members (excludes halogenated alkanes) is 3. The number of anilines is 1. The molecular weight excluding hydrogens is 214 g/mol. The summed E-state index contributed by atoms with van der Waals surface area (Å²) >= 11 is 0. The van der Waals surface area contributed by atoms with E-state index in [4.69, 9.17) is 15.6 Å². The van der Waals surface area contributed by atoms with Crippen LogP contribution in [0, 0.1) is 13.8 Å². The molecule has 3 heteroatoms. The number of benzene rings is 1. The molecule has 0 saturated heterocycles. The number of hydrogen-bond acceptors (Lipinski definition) is 3. The number of nitrogens with two attached hydrogens (primary N) is 1. The molecule has 3 N–H and O–H groups in total. The highest BCUT2D eigenvalue weighted by molar-refractivity contribution is 5.53. The van der Waals surface area contributed by atoms with Gasteiger partial charge in [0.25, 0.3) is 0 Å². The molecule has 0 amide bonds. The number of hydrogen-bond donors (Lipinski definition) is 2. The third-order valence-electron chi connectivity index (χ3n) is 2.87. The largest absolute Gasteiger partial charge is 0.493 e. The van der Waals surface area contributed by atoms with Crippen LogP contribution in [-0.2, 0) is 0 Å². The maximum atomic E-state index is 8.65. The van der Waals surface area contributed by atoms with Crippen molar-refractivity contribution in [1.82, 2.24) is 0 Å². The molecule has 0 aromatic heterocycles. The summed E-state index contributed by atoms with van der Waals surface area (Å²) in [7, 11) is 0. The van der Waals surface area contributed by atoms with Crippen LogP contribution >= 0.6 is 0 Å². The number of rotatable bonds is 7. The molecule has 1 aromatic rings. The molecule has 0 saturated carbocycles. The summed E-state index contributed by atoms with van der Waals surface area (Å²) < 4.78 is 5.73. The summed E-state index contributed by atoms with van der Waals surface area (Å²) in [4.78, 5) is 0. The average molecular weight is 237 g/mol. The maximum absolute atomic E-state index is 8.65. The monoisotopic (exact) mass is 237 g/mol. The van der Waals surface area contributed by atoms with E-state index in [-0.39, 0.29) is 6.61 Å². The zero-order valence-corrected chi connectivity index (χ0v) is 10.8. The van der Waals surface area contributed by atoms with Crippen LogP contribution in [0.2, 0.25) is 0 Å². The van der Waals surface area contributed by atoms with Gasteiger partial charge in [-0.05, 0) is 56.4 Å². The van der Waals surface area contributed by atoms with Gasteiger partial charge in [0.15, 0.2) is 0 Å². The van der Waals surface area contributed by atoms with E-state index in [0.29, 0.717) is 0 Å². The van der Waals surface area contributed by atoms with Crippen molar-refractivity contribution in [2.24, 2.45) is 0 Å². The predicted octanol–water partition coefficient (Wildman–Crippen LogP) is 2.82. The van der Waals surface area contributed by atoms with Gasteiger partial charge in [0.05, 0.1) is 6.61 Å². The van der Waals surface area contributed by atoms with Crippen LogP contribution in [0.5, 0.6) is 5.75 Å². The van der Waals surface area contributed by atoms with E-state index in [2.05, 4.69) is 0 Å². The molecule has 17 heavy (non-hydrogen) atoms.